The zero-order valence-electron chi connectivity index (χ0n) is 11.0. The molecule has 1 fully saturated rings. The van der Waals surface area contributed by atoms with E-state index in [0.717, 1.165) is 23.7 Å². The van der Waals surface area contributed by atoms with Gasteiger partial charge in [-0.25, -0.2) is 4.98 Å². The van der Waals surface area contributed by atoms with Crippen LogP contribution < -0.4 is 5.32 Å². The monoisotopic (exact) mass is 333 g/mol. The Morgan fingerprint density at radius 2 is 2.10 bits per heavy atom. The maximum Gasteiger partial charge on any atom is 0.251 e. The van der Waals surface area contributed by atoms with E-state index >= 15 is 0 Å². The third-order valence-corrected chi connectivity index (χ3v) is 4.34. The quantitative estimate of drug-likeness (QED) is 0.937. The predicted molar refractivity (Wildman–Crippen MR) is 80.5 cm³/mol. The van der Waals surface area contributed by atoms with Crippen LogP contribution in [0.25, 0.3) is 0 Å². The summed E-state index contributed by atoms with van der Waals surface area (Å²) in [6.45, 7) is 0. The van der Waals surface area contributed by atoms with Gasteiger partial charge in [0.1, 0.15) is 0 Å². The van der Waals surface area contributed by atoms with E-state index in [9.17, 15) is 4.79 Å². The summed E-state index contributed by atoms with van der Waals surface area (Å²) in [6, 6.07) is 7.94. The molecule has 0 spiro atoms. The summed E-state index contributed by atoms with van der Waals surface area (Å²) in [5.41, 5.74) is 0.699. The fraction of sp³-hybridized carbons (Fsp3) is 0.333. The molecule has 1 saturated carbocycles. The predicted octanol–water partition coefficient (Wildman–Crippen LogP) is 3.17. The van der Waals surface area contributed by atoms with Crippen molar-refractivity contribution in [3.63, 3.8) is 0 Å². The number of nitrogens with zero attached hydrogens (tertiary/aromatic N) is 2. The van der Waals surface area contributed by atoms with Gasteiger partial charge in [-0.1, -0.05) is 15.9 Å². The lowest BCUT2D eigenvalue weighted by Gasteiger charge is -2.22. The molecular formula is C15H16BrN3O. The first-order chi connectivity index (χ1) is 9.74. The fourth-order valence-electron chi connectivity index (χ4n) is 2.78. The Morgan fingerprint density at radius 1 is 1.30 bits per heavy atom. The second kappa shape index (κ2) is 5.79. The molecule has 1 N–H and O–H groups in total. The van der Waals surface area contributed by atoms with Crippen LogP contribution in [0.2, 0.25) is 0 Å². The average Bonchev–Trinajstić information content (AvgIpc) is 3.09. The number of rotatable bonds is 3. The molecule has 1 heterocycles. The van der Waals surface area contributed by atoms with Crippen molar-refractivity contribution < 1.29 is 4.79 Å². The molecule has 0 aliphatic heterocycles. The second-order valence-corrected chi connectivity index (χ2v) is 6.01. The Kier molecular flexibility index (Phi) is 3.87. The van der Waals surface area contributed by atoms with E-state index in [1.54, 1.807) is 6.20 Å². The minimum atomic E-state index is -0.00508. The molecule has 2 aromatic rings. The Hall–Kier alpha value is -1.62. The number of carbonyl (C=O) groups is 1. The van der Waals surface area contributed by atoms with Gasteiger partial charge >= 0.3 is 0 Å². The van der Waals surface area contributed by atoms with E-state index in [0.29, 0.717) is 11.6 Å². The fourth-order valence-corrected chi connectivity index (χ4v) is 3.05. The third kappa shape index (κ3) is 2.77. The normalized spacial score (nSPS) is 21.9. The molecule has 1 aromatic carbocycles. The minimum absolute atomic E-state index is 0.00508. The number of amides is 1. The molecule has 20 heavy (non-hydrogen) atoms. The molecule has 5 heteroatoms. The van der Waals surface area contributed by atoms with Crippen LogP contribution in [0.4, 0.5) is 0 Å². The van der Waals surface area contributed by atoms with Crippen LogP contribution in [0.1, 0.15) is 35.7 Å². The summed E-state index contributed by atoms with van der Waals surface area (Å²) in [4.78, 5) is 16.4. The number of hydrogen-bond donors (Lipinski definition) is 1. The van der Waals surface area contributed by atoms with Gasteiger partial charge in [-0.2, -0.15) is 0 Å². The van der Waals surface area contributed by atoms with E-state index in [2.05, 4.69) is 30.8 Å². The highest BCUT2D eigenvalue weighted by Gasteiger charge is 2.29. The lowest BCUT2D eigenvalue weighted by Crippen LogP contribution is -2.38. The molecule has 1 aliphatic carbocycles. The third-order valence-electron chi connectivity index (χ3n) is 3.81. The van der Waals surface area contributed by atoms with Gasteiger partial charge in [-0.15, -0.1) is 0 Å². The Morgan fingerprint density at radius 3 is 2.80 bits per heavy atom. The summed E-state index contributed by atoms with van der Waals surface area (Å²) < 4.78 is 3.07. The lowest BCUT2D eigenvalue weighted by molar-refractivity contribution is 0.0929. The van der Waals surface area contributed by atoms with Crippen molar-refractivity contribution >= 4 is 21.8 Å². The number of halogens is 1. The molecule has 1 amide bonds. The first kappa shape index (κ1) is 13.4. The maximum atomic E-state index is 12.3. The summed E-state index contributed by atoms with van der Waals surface area (Å²) in [7, 11) is 0. The van der Waals surface area contributed by atoms with Crippen LogP contribution in [0.5, 0.6) is 0 Å². The first-order valence-electron chi connectivity index (χ1n) is 6.78. The van der Waals surface area contributed by atoms with Crippen molar-refractivity contribution in [3.8, 4) is 0 Å². The molecule has 3 rings (SSSR count). The van der Waals surface area contributed by atoms with E-state index in [4.69, 9.17) is 0 Å². The topological polar surface area (TPSA) is 46.9 Å². The van der Waals surface area contributed by atoms with Gasteiger partial charge in [0.2, 0.25) is 0 Å². The lowest BCUT2D eigenvalue weighted by atomic mass is 10.1. The number of imidazole rings is 1. The van der Waals surface area contributed by atoms with Crippen molar-refractivity contribution in [1.29, 1.82) is 0 Å². The van der Waals surface area contributed by atoms with E-state index in [-0.39, 0.29) is 11.9 Å². The highest BCUT2D eigenvalue weighted by molar-refractivity contribution is 9.10. The molecule has 104 valence electrons. The standard InChI is InChI=1S/C15H16BrN3O/c16-12-6-4-11(5-7-12)15(20)18-13-2-1-3-14(13)19-9-8-17-10-19/h4-10,13-14H,1-3H2,(H,18,20). The molecule has 2 atom stereocenters. The van der Waals surface area contributed by atoms with Gasteiger partial charge in [0.05, 0.1) is 12.4 Å². The summed E-state index contributed by atoms with van der Waals surface area (Å²) >= 11 is 3.38. The number of carbonyl (C=O) groups excluding carboxylic acids is 1. The van der Waals surface area contributed by atoms with E-state index in [1.807, 2.05) is 36.8 Å². The second-order valence-electron chi connectivity index (χ2n) is 5.09. The molecule has 2 unspecified atom stereocenters. The van der Waals surface area contributed by atoms with Crippen LogP contribution >= 0.6 is 15.9 Å². The van der Waals surface area contributed by atoms with Gasteiger partial charge in [-0.05, 0) is 43.5 Å². The Bertz CT molecular complexity index is 580. The largest absolute Gasteiger partial charge is 0.347 e. The summed E-state index contributed by atoms with van der Waals surface area (Å²) in [5.74, 6) is -0.00508. The maximum absolute atomic E-state index is 12.3. The molecule has 4 nitrogen and oxygen atoms in total. The molecule has 0 saturated heterocycles. The van der Waals surface area contributed by atoms with Crippen molar-refractivity contribution in [1.82, 2.24) is 14.9 Å². The van der Waals surface area contributed by atoms with Crippen LogP contribution in [0.3, 0.4) is 0 Å². The molecule has 1 aliphatic rings. The van der Waals surface area contributed by atoms with Gasteiger partial charge < -0.3 is 9.88 Å². The molecule has 1 aromatic heterocycles. The average molecular weight is 334 g/mol. The van der Waals surface area contributed by atoms with E-state index in [1.165, 1.54) is 0 Å². The molecular weight excluding hydrogens is 318 g/mol. The van der Waals surface area contributed by atoms with Crippen molar-refractivity contribution in [3.05, 3.63) is 53.0 Å². The van der Waals surface area contributed by atoms with Crippen LogP contribution in [-0.2, 0) is 0 Å². The summed E-state index contributed by atoms with van der Waals surface area (Å²) in [6.07, 6.45) is 8.82. The van der Waals surface area contributed by atoms with Crippen LogP contribution in [0.15, 0.2) is 47.5 Å². The number of aromatic nitrogens is 2. The number of nitrogens with one attached hydrogen (secondary N) is 1. The number of hydrogen-bond acceptors (Lipinski definition) is 2. The van der Waals surface area contributed by atoms with Crippen LogP contribution in [-0.4, -0.2) is 21.5 Å². The highest BCUT2D eigenvalue weighted by Crippen LogP contribution is 2.30. The summed E-state index contributed by atoms with van der Waals surface area (Å²) in [5, 5.41) is 3.15. The molecule has 0 radical (unpaired) electrons. The number of benzene rings is 1. The van der Waals surface area contributed by atoms with Crippen molar-refractivity contribution in [2.24, 2.45) is 0 Å². The van der Waals surface area contributed by atoms with Gasteiger partial charge in [0.25, 0.3) is 5.91 Å². The first-order valence-corrected chi connectivity index (χ1v) is 7.57. The minimum Gasteiger partial charge on any atom is -0.347 e. The van der Waals surface area contributed by atoms with Crippen molar-refractivity contribution in [2.75, 3.05) is 0 Å². The Labute approximate surface area is 126 Å². The van der Waals surface area contributed by atoms with Crippen LogP contribution in [0, 0.1) is 0 Å². The van der Waals surface area contributed by atoms with Gasteiger partial charge in [0, 0.05) is 28.5 Å². The smallest absolute Gasteiger partial charge is 0.251 e. The van der Waals surface area contributed by atoms with E-state index < -0.39 is 0 Å². The highest BCUT2D eigenvalue weighted by atomic mass is 79.9. The zero-order valence-corrected chi connectivity index (χ0v) is 12.6. The Balaban J connectivity index is 1.70. The van der Waals surface area contributed by atoms with Crippen molar-refractivity contribution in [2.45, 2.75) is 31.3 Å². The molecule has 0 bridgehead atoms. The zero-order chi connectivity index (χ0) is 13.9. The van der Waals surface area contributed by atoms with Gasteiger partial charge in [0.15, 0.2) is 0 Å². The SMILES string of the molecule is O=C(NC1CCCC1n1ccnc1)c1ccc(Br)cc1. The van der Waals surface area contributed by atoms with Gasteiger partial charge in [-0.3, -0.25) is 4.79 Å².